The van der Waals surface area contributed by atoms with E-state index in [1.165, 1.54) is 24.3 Å². The number of aromatic carboxylic acids is 1. The van der Waals surface area contributed by atoms with Gasteiger partial charge in [-0.05, 0) is 62.4 Å². The fourth-order valence-corrected chi connectivity index (χ4v) is 6.41. The summed E-state index contributed by atoms with van der Waals surface area (Å²) in [6.45, 7) is 3.63. The number of carbonyl (C=O) groups is 1. The molecule has 0 spiro atoms. The number of aryl methyl sites for hydroxylation is 2. The van der Waals surface area contributed by atoms with Gasteiger partial charge in [0, 0.05) is 22.5 Å². The normalized spacial score (nSPS) is 15.2. The molecule has 0 radical (unpaired) electrons. The van der Waals surface area contributed by atoms with Crippen LogP contribution < -0.4 is 4.74 Å². The van der Waals surface area contributed by atoms with Crippen LogP contribution in [0.2, 0.25) is 0 Å². The van der Waals surface area contributed by atoms with E-state index in [1.54, 1.807) is 13.0 Å². The molecule has 170 valence electrons. The van der Waals surface area contributed by atoms with Gasteiger partial charge < -0.3 is 19.9 Å². The topological polar surface area (TPSA) is 117 Å². The zero-order valence-electron chi connectivity index (χ0n) is 18.1. The molecule has 0 atom stereocenters. The number of hydrogen-bond donors (Lipinski definition) is 3. The Morgan fingerprint density at radius 3 is 2.53 bits per heavy atom. The van der Waals surface area contributed by atoms with Gasteiger partial charge in [0.05, 0.1) is 5.75 Å². The first-order valence-corrected chi connectivity index (χ1v) is 12.4. The number of carboxylic acids is 1. The van der Waals surface area contributed by atoms with E-state index in [9.17, 15) is 23.4 Å². The molecule has 32 heavy (non-hydrogen) atoms. The van der Waals surface area contributed by atoms with Crippen LogP contribution in [-0.4, -0.2) is 35.3 Å². The number of fused-ring (bicyclic) bond motifs is 1. The molecule has 0 unspecified atom stereocenters. The maximum atomic E-state index is 13.3. The summed E-state index contributed by atoms with van der Waals surface area (Å²) >= 11 is 0. The van der Waals surface area contributed by atoms with E-state index in [4.69, 9.17) is 4.74 Å². The van der Waals surface area contributed by atoms with Gasteiger partial charge in [-0.1, -0.05) is 19.3 Å². The Labute approximate surface area is 187 Å². The molecule has 0 bridgehead atoms. The number of H-pyrrole nitrogens is 1. The first kappa shape index (κ1) is 22.2. The summed E-state index contributed by atoms with van der Waals surface area (Å²) in [6.07, 6.45) is 5.00. The Morgan fingerprint density at radius 2 is 1.84 bits per heavy atom. The molecule has 4 rings (SSSR count). The first-order valence-electron chi connectivity index (χ1n) is 10.8. The highest BCUT2D eigenvalue weighted by Crippen LogP contribution is 2.39. The summed E-state index contributed by atoms with van der Waals surface area (Å²) in [4.78, 5) is 14.2. The average Bonchev–Trinajstić information content (AvgIpc) is 3.17. The monoisotopic (exact) mass is 457 g/mol. The number of ether oxygens (including phenoxy) is 1. The second-order valence-electron chi connectivity index (χ2n) is 8.62. The molecule has 1 aromatic heterocycles. The molecule has 7 nitrogen and oxygen atoms in total. The number of phenols is 1. The third kappa shape index (κ3) is 4.32. The van der Waals surface area contributed by atoms with Crippen LogP contribution in [0.3, 0.4) is 0 Å². The van der Waals surface area contributed by atoms with Crippen molar-refractivity contribution in [3.05, 3.63) is 47.2 Å². The van der Waals surface area contributed by atoms with Gasteiger partial charge in [-0.15, -0.1) is 0 Å². The molecule has 1 aliphatic rings. The van der Waals surface area contributed by atoms with Crippen molar-refractivity contribution in [3.63, 3.8) is 0 Å². The SMILES string of the molecule is Cc1cc2[nH]c(C(=O)O)cc2c(C)c1Oc1ccc(O)cc1S(=O)(=O)CC1CCCCC1. The highest BCUT2D eigenvalue weighted by molar-refractivity contribution is 7.91. The van der Waals surface area contributed by atoms with E-state index < -0.39 is 15.8 Å². The van der Waals surface area contributed by atoms with Crippen LogP contribution in [0.15, 0.2) is 35.2 Å². The van der Waals surface area contributed by atoms with Crippen molar-refractivity contribution in [3.8, 4) is 17.2 Å². The first-order chi connectivity index (χ1) is 15.2. The lowest BCUT2D eigenvalue weighted by atomic mass is 9.91. The van der Waals surface area contributed by atoms with Gasteiger partial charge in [0.15, 0.2) is 9.84 Å². The van der Waals surface area contributed by atoms with Crippen molar-refractivity contribution in [2.45, 2.75) is 50.8 Å². The van der Waals surface area contributed by atoms with Gasteiger partial charge in [-0.25, -0.2) is 13.2 Å². The smallest absolute Gasteiger partial charge is 0.352 e. The maximum Gasteiger partial charge on any atom is 0.352 e. The number of benzene rings is 2. The largest absolute Gasteiger partial charge is 0.508 e. The lowest BCUT2D eigenvalue weighted by Gasteiger charge is -2.22. The highest BCUT2D eigenvalue weighted by Gasteiger charge is 2.27. The maximum absolute atomic E-state index is 13.3. The van der Waals surface area contributed by atoms with Crippen molar-refractivity contribution in [2.75, 3.05) is 5.75 Å². The molecule has 1 aliphatic carbocycles. The van der Waals surface area contributed by atoms with Gasteiger partial charge in [-0.2, -0.15) is 0 Å². The molecule has 0 aliphatic heterocycles. The summed E-state index contributed by atoms with van der Waals surface area (Å²) < 4.78 is 32.7. The van der Waals surface area contributed by atoms with Gasteiger partial charge >= 0.3 is 5.97 Å². The van der Waals surface area contributed by atoms with Gasteiger partial charge in [-0.3, -0.25) is 0 Å². The number of rotatable bonds is 6. The van der Waals surface area contributed by atoms with Gasteiger partial charge in [0.1, 0.15) is 27.8 Å². The molecule has 1 heterocycles. The minimum atomic E-state index is -3.68. The van der Waals surface area contributed by atoms with E-state index in [1.807, 2.05) is 6.92 Å². The number of carboxylic acid groups (broad SMARTS) is 1. The van der Waals surface area contributed by atoms with Crippen LogP contribution in [0, 0.1) is 19.8 Å². The number of aromatic amines is 1. The van der Waals surface area contributed by atoms with Crippen LogP contribution in [0.1, 0.15) is 53.7 Å². The van der Waals surface area contributed by atoms with E-state index in [-0.39, 0.29) is 33.8 Å². The lowest BCUT2D eigenvalue weighted by molar-refractivity contribution is 0.0691. The number of nitrogens with one attached hydrogen (secondary N) is 1. The van der Waals surface area contributed by atoms with E-state index in [0.717, 1.165) is 37.7 Å². The second-order valence-corrected chi connectivity index (χ2v) is 10.6. The fraction of sp³-hybridized carbons (Fsp3) is 0.375. The molecule has 8 heteroatoms. The van der Waals surface area contributed by atoms with Gasteiger partial charge in [0.2, 0.25) is 0 Å². The number of aromatic hydroxyl groups is 1. The summed E-state index contributed by atoms with van der Waals surface area (Å²) in [7, 11) is -3.68. The molecule has 0 amide bonds. The lowest BCUT2D eigenvalue weighted by Crippen LogP contribution is -2.19. The Morgan fingerprint density at radius 1 is 1.12 bits per heavy atom. The van der Waals surface area contributed by atoms with Crippen LogP contribution in [0.25, 0.3) is 10.9 Å². The third-order valence-electron chi connectivity index (χ3n) is 6.20. The molecular weight excluding hydrogens is 430 g/mol. The zero-order valence-corrected chi connectivity index (χ0v) is 19.0. The van der Waals surface area contributed by atoms with E-state index in [0.29, 0.717) is 22.2 Å². The standard InChI is InChI=1S/C24H27NO6S/c1-14-10-19-18(12-20(25-19)24(27)28)15(2)23(14)31-21-9-8-17(26)11-22(21)32(29,30)13-16-6-4-3-5-7-16/h8-12,16,25-26H,3-7,13H2,1-2H3,(H,27,28). The Balaban J connectivity index is 1.74. The summed E-state index contributed by atoms with van der Waals surface area (Å²) in [6, 6.07) is 7.43. The molecule has 3 aromatic rings. The minimum Gasteiger partial charge on any atom is -0.508 e. The van der Waals surface area contributed by atoms with Crippen molar-refractivity contribution < 1.29 is 28.2 Å². The molecule has 1 saturated carbocycles. The van der Waals surface area contributed by atoms with Crippen molar-refractivity contribution in [1.29, 1.82) is 0 Å². The second kappa shape index (κ2) is 8.50. The van der Waals surface area contributed by atoms with Crippen LogP contribution >= 0.6 is 0 Å². The minimum absolute atomic E-state index is 0.0257. The van der Waals surface area contributed by atoms with E-state index in [2.05, 4.69) is 4.98 Å². The van der Waals surface area contributed by atoms with Crippen molar-refractivity contribution in [2.24, 2.45) is 5.92 Å². The molecule has 0 saturated heterocycles. The summed E-state index contributed by atoms with van der Waals surface area (Å²) in [5.74, 6) is -0.441. The van der Waals surface area contributed by atoms with Crippen LogP contribution in [-0.2, 0) is 9.84 Å². The summed E-state index contributed by atoms with van der Waals surface area (Å²) in [5.41, 5.74) is 2.17. The number of sulfone groups is 1. The fourth-order valence-electron chi connectivity index (χ4n) is 4.56. The van der Waals surface area contributed by atoms with Crippen LogP contribution in [0.4, 0.5) is 0 Å². The molecule has 2 aromatic carbocycles. The third-order valence-corrected chi connectivity index (χ3v) is 8.10. The van der Waals surface area contributed by atoms with Gasteiger partial charge in [0.25, 0.3) is 0 Å². The molecule has 3 N–H and O–H groups in total. The van der Waals surface area contributed by atoms with Crippen molar-refractivity contribution in [1.82, 2.24) is 4.98 Å². The Kier molecular flexibility index (Phi) is 5.90. The average molecular weight is 458 g/mol. The molecular formula is C24H27NO6S. The predicted molar refractivity (Wildman–Crippen MR) is 122 cm³/mol. The van der Waals surface area contributed by atoms with Crippen LogP contribution in [0.5, 0.6) is 17.2 Å². The Hall–Kier alpha value is -3.00. The predicted octanol–water partition coefficient (Wildman–Crippen LogP) is 5.33. The number of phenolic OH excluding ortho intramolecular Hbond substituents is 1. The number of aromatic nitrogens is 1. The quantitative estimate of drug-likeness (QED) is 0.460. The Bertz CT molecular complexity index is 1290. The zero-order chi connectivity index (χ0) is 23.0. The van der Waals surface area contributed by atoms with E-state index >= 15 is 0 Å². The van der Waals surface area contributed by atoms with Crippen molar-refractivity contribution >= 4 is 26.7 Å². The number of hydrogen-bond acceptors (Lipinski definition) is 5. The highest BCUT2D eigenvalue weighted by atomic mass is 32.2. The molecule has 1 fully saturated rings. The summed E-state index contributed by atoms with van der Waals surface area (Å²) in [5, 5.41) is 20.0.